The molecule has 2 atom stereocenters. The summed E-state index contributed by atoms with van der Waals surface area (Å²) in [6, 6.07) is 2.66. The summed E-state index contributed by atoms with van der Waals surface area (Å²) < 4.78 is 2.37. The number of aromatic nitrogens is 1. The van der Waals surface area contributed by atoms with Crippen LogP contribution >= 0.6 is 11.8 Å². The second-order valence-electron chi connectivity index (χ2n) is 4.66. The highest BCUT2D eigenvalue weighted by Crippen LogP contribution is 2.32. The molecule has 3 heteroatoms. The van der Waals surface area contributed by atoms with E-state index in [1.54, 1.807) is 0 Å². The maximum atomic E-state index is 9.92. The van der Waals surface area contributed by atoms with E-state index in [-0.39, 0.29) is 6.10 Å². The minimum absolute atomic E-state index is 0.224. The van der Waals surface area contributed by atoms with Crippen molar-refractivity contribution in [2.75, 3.05) is 12.0 Å². The molecule has 90 valence electrons. The fourth-order valence-corrected chi connectivity index (χ4v) is 3.11. The van der Waals surface area contributed by atoms with Gasteiger partial charge in [0.05, 0.1) is 6.10 Å². The maximum absolute atomic E-state index is 9.92. The lowest BCUT2D eigenvalue weighted by molar-refractivity contribution is 0.155. The highest BCUT2D eigenvalue weighted by atomic mass is 32.2. The van der Waals surface area contributed by atoms with Gasteiger partial charge in [-0.3, -0.25) is 0 Å². The minimum atomic E-state index is -0.224. The Morgan fingerprint density at radius 3 is 3.19 bits per heavy atom. The molecule has 1 aliphatic rings. The van der Waals surface area contributed by atoms with Crippen molar-refractivity contribution in [3.8, 4) is 0 Å². The lowest BCUT2D eigenvalue weighted by Gasteiger charge is -2.23. The Kier molecular flexibility index (Phi) is 3.98. The molecule has 2 unspecified atom stereocenters. The molecule has 1 aliphatic carbocycles. The summed E-state index contributed by atoms with van der Waals surface area (Å²) in [5.41, 5.74) is 2.54. The number of thioether (sulfide) groups is 1. The van der Waals surface area contributed by atoms with Crippen molar-refractivity contribution in [2.45, 2.75) is 44.8 Å². The van der Waals surface area contributed by atoms with Gasteiger partial charge in [0.15, 0.2) is 0 Å². The summed E-state index contributed by atoms with van der Waals surface area (Å²) in [5.74, 6) is 1.21. The van der Waals surface area contributed by atoms with Gasteiger partial charge in [0, 0.05) is 23.5 Å². The van der Waals surface area contributed by atoms with Crippen LogP contribution in [0.4, 0.5) is 0 Å². The van der Waals surface area contributed by atoms with Crippen molar-refractivity contribution >= 4 is 11.8 Å². The lowest BCUT2D eigenvalue weighted by atomic mass is 9.95. The van der Waals surface area contributed by atoms with Crippen molar-refractivity contribution in [3.05, 3.63) is 23.5 Å². The third-order valence-electron chi connectivity index (χ3n) is 3.52. The van der Waals surface area contributed by atoms with Gasteiger partial charge in [-0.25, -0.2) is 0 Å². The molecule has 16 heavy (non-hydrogen) atoms. The molecular formula is C13H21NOS. The first-order chi connectivity index (χ1) is 7.74. The second-order valence-corrected chi connectivity index (χ2v) is 5.65. The van der Waals surface area contributed by atoms with Gasteiger partial charge in [0.2, 0.25) is 0 Å². The topological polar surface area (TPSA) is 25.2 Å². The van der Waals surface area contributed by atoms with Crippen LogP contribution in [-0.2, 0) is 6.42 Å². The summed E-state index contributed by atoms with van der Waals surface area (Å²) in [6.45, 7) is 2.28. The molecular weight excluding hydrogens is 218 g/mol. The highest BCUT2D eigenvalue weighted by Gasteiger charge is 2.22. The van der Waals surface area contributed by atoms with E-state index in [2.05, 4.69) is 30.0 Å². The van der Waals surface area contributed by atoms with Gasteiger partial charge >= 0.3 is 0 Å². The molecule has 2 rings (SSSR count). The van der Waals surface area contributed by atoms with Crippen LogP contribution in [0.3, 0.4) is 0 Å². The van der Waals surface area contributed by atoms with Crippen LogP contribution in [0.1, 0.15) is 49.6 Å². The molecule has 1 aromatic heterocycles. The van der Waals surface area contributed by atoms with Crippen molar-refractivity contribution in [2.24, 2.45) is 0 Å². The average Bonchev–Trinajstić information content (AvgIpc) is 2.71. The quantitative estimate of drug-likeness (QED) is 0.873. The average molecular weight is 239 g/mol. The first-order valence-electron chi connectivity index (χ1n) is 6.10. The zero-order chi connectivity index (χ0) is 11.5. The monoisotopic (exact) mass is 239 g/mol. The smallest absolute Gasteiger partial charge is 0.0807 e. The number of fused-ring (bicyclic) bond motifs is 1. The van der Waals surface area contributed by atoms with E-state index in [4.69, 9.17) is 0 Å². The second kappa shape index (κ2) is 5.28. The van der Waals surface area contributed by atoms with E-state index in [1.165, 1.54) is 23.4 Å². The third kappa shape index (κ3) is 2.30. The molecule has 0 bridgehead atoms. The minimum Gasteiger partial charge on any atom is -0.388 e. The molecule has 0 saturated carbocycles. The van der Waals surface area contributed by atoms with Crippen LogP contribution in [0.25, 0.3) is 0 Å². The molecule has 1 N–H and O–H groups in total. The molecule has 1 heterocycles. The number of rotatable bonds is 4. The Labute approximate surface area is 102 Å². The number of hydrogen-bond donors (Lipinski definition) is 1. The first kappa shape index (κ1) is 12.1. The Balaban J connectivity index is 2.16. The van der Waals surface area contributed by atoms with Gasteiger partial charge in [-0.2, -0.15) is 11.8 Å². The zero-order valence-electron chi connectivity index (χ0n) is 10.1. The Bertz CT molecular complexity index is 348. The van der Waals surface area contributed by atoms with E-state index in [1.807, 2.05) is 11.8 Å². The van der Waals surface area contributed by atoms with Gasteiger partial charge in [0.1, 0.15) is 0 Å². The Morgan fingerprint density at radius 1 is 1.62 bits per heavy atom. The lowest BCUT2D eigenvalue weighted by Crippen LogP contribution is -2.14. The van der Waals surface area contributed by atoms with Crippen molar-refractivity contribution in [3.63, 3.8) is 0 Å². The summed E-state index contributed by atoms with van der Waals surface area (Å²) in [4.78, 5) is 0. The van der Waals surface area contributed by atoms with Gasteiger partial charge in [-0.15, -0.1) is 0 Å². The predicted octanol–water partition coefficient (Wildman–Crippen LogP) is 3.17. The third-order valence-corrected chi connectivity index (χ3v) is 4.17. The van der Waals surface area contributed by atoms with E-state index in [0.717, 1.165) is 19.3 Å². The molecule has 0 radical (unpaired) electrons. The number of nitrogens with zero attached hydrogens (tertiary/aromatic N) is 1. The Morgan fingerprint density at radius 2 is 2.44 bits per heavy atom. The zero-order valence-corrected chi connectivity index (χ0v) is 11.0. The molecule has 0 aromatic carbocycles. The fourth-order valence-electron chi connectivity index (χ4n) is 2.53. The van der Waals surface area contributed by atoms with E-state index < -0.39 is 0 Å². The van der Waals surface area contributed by atoms with Crippen LogP contribution < -0.4 is 0 Å². The van der Waals surface area contributed by atoms with Crippen molar-refractivity contribution < 1.29 is 5.11 Å². The van der Waals surface area contributed by atoms with E-state index in [0.29, 0.717) is 6.04 Å². The highest BCUT2D eigenvalue weighted by molar-refractivity contribution is 7.98. The molecule has 2 nitrogen and oxygen atoms in total. The van der Waals surface area contributed by atoms with E-state index >= 15 is 0 Å². The molecule has 0 saturated heterocycles. The number of aliphatic hydroxyl groups is 1. The molecule has 0 amide bonds. The van der Waals surface area contributed by atoms with Crippen LogP contribution in [0.2, 0.25) is 0 Å². The van der Waals surface area contributed by atoms with Gasteiger partial charge in [0.25, 0.3) is 0 Å². The standard InChI is InChI=1S/C13H21NOS/c1-10(7-9-16-2)14-8-6-11-12(14)4-3-5-13(11)15/h6,8,10,13,15H,3-5,7,9H2,1-2H3. The number of hydrogen-bond acceptors (Lipinski definition) is 2. The van der Waals surface area contributed by atoms with Crippen LogP contribution in [0, 0.1) is 0 Å². The number of aliphatic hydroxyl groups excluding tert-OH is 1. The first-order valence-corrected chi connectivity index (χ1v) is 7.50. The molecule has 1 aromatic rings. The summed E-state index contributed by atoms with van der Waals surface area (Å²) in [6.07, 6.45) is 8.47. The van der Waals surface area contributed by atoms with Gasteiger partial charge < -0.3 is 9.67 Å². The summed E-state index contributed by atoms with van der Waals surface area (Å²) >= 11 is 1.90. The van der Waals surface area contributed by atoms with Crippen molar-refractivity contribution in [1.29, 1.82) is 0 Å². The van der Waals surface area contributed by atoms with E-state index in [9.17, 15) is 5.11 Å². The van der Waals surface area contributed by atoms with Crippen LogP contribution in [-0.4, -0.2) is 21.7 Å². The summed E-state index contributed by atoms with van der Waals surface area (Å²) in [7, 11) is 0. The van der Waals surface area contributed by atoms with Crippen LogP contribution in [0.5, 0.6) is 0 Å². The van der Waals surface area contributed by atoms with Gasteiger partial charge in [-0.05, 0) is 50.7 Å². The normalized spacial score (nSPS) is 21.8. The Hall–Kier alpha value is -0.410. The predicted molar refractivity (Wildman–Crippen MR) is 70.0 cm³/mol. The summed E-state index contributed by atoms with van der Waals surface area (Å²) in [5, 5.41) is 9.92. The largest absolute Gasteiger partial charge is 0.388 e. The molecule has 0 spiro atoms. The SMILES string of the molecule is CSCCC(C)n1ccc2c1CCCC2O. The van der Waals surface area contributed by atoms with Gasteiger partial charge in [-0.1, -0.05) is 0 Å². The maximum Gasteiger partial charge on any atom is 0.0807 e. The molecule has 0 aliphatic heterocycles. The fraction of sp³-hybridized carbons (Fsp3) is 0.692. The van der Waals surface area contributed by atoms with Crippen LogP contribution in [0.15, 0.2) is 12.3 Å². The molecule has 0 fully saturated rings. The van der Waals surface area contributed by atoms with Crippen molar-refractivity contribution in [1.82, 2.24) is 4.57 Å².